The quantitative estimate of drug-likeness (QED) is 0.488. The van der Waals surface area contributed by atoms with Gasteiger partial charge in [0.25, 0.3) is 0 Å². The van der Waals surface area contributed by atoms with Crippen molar-refractivity contribution in [2.75, 3.05) is 6.61 Å². The maximum absolute atomic E-state index is 5.36. The molecule has 0 amide bonds. The SMILES string of the molecule is C=C[C@H]1CCO[C@H](C)C1. The van der Waals surface area contributed by atoms with E-state index >= 15 is 0 Å². The number of rotatable bonds is 1. The summed E-state index contributed by atoms with van der Waals surface area (Å²) in [5, 5.41) is 0. The molecule has 2 atom stereocenters. The zero-order valence-corrected chi connectivity index (χ0v) is 5.97. The summed E-state index contributed by atoms with van der Waals surface area (Å²) in [6, 6.07) is 0. The Morgan fingerprint density at radius 2 is 2.44 bits per heavy atom. The van der Waals surface area contributed by atoms with E-state index < -0.39 is 0 Å². The van der Waals surface area contributed by atoms with E-state index in [0.29, 0.717) is 12.0 Å². The number of hydrogen-bond acceptors (Lipinski definition) is 1. The second-order valence-corrected chi connectivity index (χ2v) is 2.70. The summed E-state index contributed by atoms with van der Waals surface area (Å²) in [7, 11) is 0. The highest BCUT2D eigenvalue weighted by molar-refractivity contribution is 4.82. The lowest BCUT2D eigenvalue weighted by Gasteiger charge is -2.24. The van der Waals surface area contributed by atoms with Crippen LogP contribution in [0.25, 0.3) is 0 Å². The molecule has 0 aromatic carbocycles. The molecule has 0 aromatic rings. The van der Waals surface area contributed by atoms with Crippen LogP contribution in [0.15, 0.2) is 12.7 Å². The summed E-state index contributed by atoms with van der Waals surface area (Å²) in [5.41, 5.74) is 0. The second kappa shape index (κ2) is 3.02. The zero-order valence-electron chi connectivity index (χ0n) is 5.97. The smallest absolute Gasteiger partial charge is 0.0552 e. The van der Waals surface area contributed by atoms with Crippen molar-refractivity contribution in [3.05, 3.63) is 12.7 Å². The minimum absolute atomic E-state index is 0.446. The van der Waals surface area contributed by atoms with E-state index in [1.54, 1.807) is 0 Å². The van der Waals surface area contributed by atoms with Crippen LogP contribution in [0.5, 0.6) is 0 Å². The molecule has 1 aliphatic rings. The number of allylic oxidation sites excluding steroid dienone is 1. The molecule has 1 aliphatic heterocycles. The number of ether oxygens (including phenoxy) is 1. The molecule has 1 fully saturated rings. The third-order valence-electron chi connectivity index (χ3n) is 1.86. The maximum Gasteiger partial charge on any atom is 0.0552 e. The fourth-order valence-corrected chi connectivity index (χ4v) is 1.25. The molecule has 1 heteroatoms. The van der Waals surface area contributed by atoms with Crippen LogP contribution in [0.2, 0.25) is 0 Å². The van der Waals surface area contributed by atoms with Crippen molar-refractivity contribution in [3.8, 4) is 0 Å². The maximum atomic E-state index is 5.36. The lowest BCUT2D eigenvalue weighted by molar-refractivity contribution is 0.0127. The van der Waals surface area contributed by atoms with Crippen molar-refractivity contribution in [1.29, 1.82) is 0 Å². The van der Waals surface area contributed by atoms with E-state index in [-0.39, 0.29) is 0 Å². The van der Waals surface area contributed by atoms with Crippen molar-refractivity contribution in [2.24, 2.45) is 5.92 Å². The summed E-state index contributed by atoms with van der Waals surface area (Å²) in [4.78, 5) is 0. The van der Waals surface area contributed by atoms with Gasteiger partial charge in [-0.15, -0.1) is 6.58 Å². The molecule has 0 aliphatic carbocycles. The normalized spacial score (nSPS) is 36.1. The molecular weight excluding hydrogens is 112 g/mol. The highest BCUT2D eigenvalue weighted by atomic mass is 16.5. The monoisotopic (exact) mass is 126 g/mol. The summed E-state index contributed by atoms with van der Waals surface area (Å²) in [5.74, 6) is 0.703. The summed E-state index contributed by atoms with van der Waals surface area (Å²) in [6.07, 6.45) is 4.80. The Bertz CT molecular complexity index is 98.7. The molecule has 52 valence electrons. The molecule has 9 heavy (non-hydrogen) atoms. The van der Waals surface area contributed by atoms with Gasteiger partial charge in [0, 0.05) is 6.61 Å². The molecule has 1 heterocycles. The van der Waals surface area contributed by atoms with Gasteiger partial charge in [0.15, 0.2) is 0 Å². The first kappa shape index (κ1) is 6.81. The van der Waals surface area contributed by atoms with Gasteiger partial charge in [-0.3, -0.25) is 0 Å². The second-order valence-electron chi connectivity index (χ2n) is 2.70. The van der Waals surface area contributed by atoms with Gasteiger partial charge in [0.2, 0.25) is 0 Å². The summed E-state index contributed by atoms with van der Waals surface area (Å²) in [6.45, 7) is 6.80. The Morgan fingerprint density at radius 3 is 2.89 bits per heavy atom. The zero-order chi connectivity index (χ0) is 6.69. The molecule has 1 rings (SSSR count). The first-order valence-corrected chi connectivity index (χ1v) is 3.57. The average molecular weight is 126 g/mol. The standard InChI is InChI=1S/C8H14O/c1-3-8-4-5-9-7(2)6-8/h3,7-8H,1,4-6H2,2H3/t7-,8+/m1/s1. The van der Waals surface area contributed by atoms with E-state index in [9.17, 15) is 0 Å². The van der Waals surface area contributed by atoms with Gasteiger partial charge in [-0.25, -0.2) is 0 Å². The third kappa shape index (κ3) is 1.83. The Labute approximate surface area is 56.7 Å². The largest absolute Gasteiger partial charge is 0.378 e. The van der Waals surface area contributed by atoms with Crippen molar-refractivity contribution in [3.63, 3.8) is 0 Å². The van der Waals surface area contributed by atoms with Gasteiger partial charge >= 0.3 is 0 Å². The molecule has 1 saturated heterocycles. The topological polar surface area (TPSA) is 9.23 Å². The van der Waals surface area contributed by atoms with E-state index in [0.717, 1.165) is 19.4 Å². The highest BCUT2D eigenvalue weighted by Crippen LogP contribution is 2.19. The predicted octanol–water partition coefficient (Wildman–Crippen LogP) is 1.99. The lowest BCUT2D eigenvalue weighted by Crippen LogP contribution is -2.21. The van der Waals surface area contributed by atoms with Gasteiger partial charge in [-0.05, 0) is 25.7 Å². The molecule has 0 spiro atoms. The van der Waals surface area contributed by atoms with Crippen molar-refractivity contribution in [1.82, 2.24) is 0 Å². The first-order valence-electron chi connectivity index (χ1n) is 3.57. The van der Waals surface area contributed by atoms with Crippen LogP contribution >= 0.6 is 0 Å². The predicted molar refractivity (Wildman–Crippen MR) is 38.3 cm³/mol. The van der Waals surface area contributed by atoms with Crippen molar-refractivity contribution in [2.45, 2.75) is 25.9 Å². The van der Waals surface area contributed by atoms with Crippen LogP contribution in [0.3, 0.4) is 0 Å². The van der Waals surface area contributed by atoms with Crippen molar-refractivity contribution >= 4 is 0 Å². The first-order chi connectivity index (χ1) is 4.33. The Kier molecular flexibility index (Phi) is 2.29. The minimum atomic E-state index is 0.446. The Morgan fingerprint density at radius 1 is 1.67 bits per heavy atom. The molecule has 0 aromatic heterocycles. The number of hydrogen-bond donors (Lipinski definition) is 0. The molecule has 0 bridgehead atoms. The van der Waals surface area contributed by atoms with Gasteiger partial charge in [0.05, 0.1) is 6.10 Å². The molecule has 0 N–H and O–H groups in total. The molecule has 0 radical (unpaired) electrons. The lowest BCUT2D eigenvalue weighted by atomic mass is 9.97. The van der Waals surface area contributed by atoms with Crippen LogP contribution < -0.4 is 0 Å². The Hall–Kier alpha value is -0.300. The van der Waals surface area contributed by atoms with Gasteiger partial charge < -0.3 is 4.74 Å². The highest BCUT2D eigenvalue weighted by Gasteiger charge is 2.15. The fourth-order valence-electron chi connectivity index (χ4n) is 1.25. The molecule has 0 saturated carbocycles. The van der Waals surface area contributed by atoms with Crippen LogP contribution in [0.4, 0.5) is 0 Å². The molecular formula is C8H14O. The van der Waals surface area contributed by atoms with Crippen LogP contribution in [0.1, 0.15) is 19.8 Å². The third-order valence-corrected chi connectivity index (χ3v) is 1.86. The summed E-state index contributed by atoms with van der Waals surface area (Å²) < 4.78 is 5.36. The van der Waals surface area contributed by atoms with Gasteiger partial charge in [0.1, 0.15) is 0 Å². The van der Waals surface area contributed by atoms with E-state index in [1.165, 1.54) is 0 Å². The van der Waals surface area contributed by atoms with Crippen LogP contribution in [-0.4, -0.2) is 12.7 Å². The fraction of sp³-hybridized carbons (Fsp3) is 0.750. The molecule has 1 nitrogen and oxygen atoms in total. The van der Waals surface area contributed by atoms with E-state index in [2.05, 4.69) is 13.5 Å². The average Bonchev–Trinajstić information content (AvgIpc) is 1.88. The van der Waals surface area contributed by atoms with Crippen molar-refractivity contribution < 1.29 is 4.74 Å². The van der Waals surface area contributed by atoms with Crippen LogP contribution in [-0.2, 0) is 4.74 Å². The van der Waals surface area contributed by atoms with Gasteiger partial charge in [-0.2, -0.15) is 0 Å². The minimum Gasteiger partial charge on any atom is -0.378 e. The van der Waals surface area contributed by atoms with E-state index in [1.807, 2.05) is 6.08 Å². The van der Waals surface area contributed by atoms with E-state index in [4.69, 9.17) is 4.74 Å². The Balaban J connectivity index is 2.31. The van der Waals surface area contributed by atoms with Gasteiger partial charge in [-0.1, -0.05) is 6.08 Å². The summed E-state index contributed by atoms with van der Waals surface area (Å²) >= 11 is 0. The molecule has 0 unspecified atom stereocenters. The van der Waals surface area contributed by atoms with Crippen LogP contribution in [0, 0.1) is 5.92 Å².